The molecule has 2 aromatic rings. The molecule has 5 heteroatoms. The molecule has 0 aromatic carbocycles. The number of aromatic nitrogens is 2. The summed E-state index contributed by atoms with van der Waals surface area (Å²) in [6.07, 6.45) is 4.40. The third kappa shape index (κ3) is 4.09. The lowest BCUT2D eigenvalue weighted by Gasteiger charge is -2.24. The predicted octanol–water partition coefficient (Wildman–Crippen LogP) is 2.46. The number of pyridine rings is 1. The first-order chi connectivity index (χ1) is 9.11. The summed E-state index contributed by atoms with van der Waals surface area (Å²) >= 11 is 1.65. The molecule has 4 nitrogen and oxygen atoms in total. The van der Waals surface area contributed by atoms with Crippen molar-refractivity contribution in [3.63, 3.8) is 0 Å². The third-order valence-corrected chi connectivity index (χ3v) is 3.94. The number of thiazole rings is 1. The summed E-state index contributed by atoms with van der Waals surface area (Å²) < 4.78 is 0. The van der Waals surface area contributed by atoms with Crippen LogP contribution in [0.1, 0.15) is 25.1 Å². The molecule has 2 aromatic heterocycles. The lowest BCUT2D eigenvalue weighted by molar-refractivity contribution is 0.230. The van der Waals surface area contributed by atoms with Gasteiger partial charge in [-0.3, -0.25) is 4.98 Å². The van der Waals surface area contributed by atoms with E-state index in [-0.39, 0.29) is 12.1 Å². The van der Waals surface area contributed by atoms with Gasteiger partial charge in [0.25, 0.3) is 0 Å². The topological polar surface area (TPSA) is 58.0 Å². The van der Waals surface area contributed by atoms with Gasteiger partial charge in [-0.25, -0.2) is 4.98 Å². The highest BCUT2D eigenvalue weighted by atomic mass is 32.1. The summed E-state index contributed by atoms with van der Waals surface area (Å²) in [7, 11) is 0. The van der Waals surface area contributed by atoms with Crippen LogP contribution in [0.3, 0.4) is 0 Å². The molecule has 0 unspecified atom stereocenters. The molecule has 0 amide bonds. The highest BCUT2D eigenvalue weighted by Crippen LogP contribution is 2.23. The lowest BCUT2D eigenvalue weighted by Crippen LogP contribution is -2.39. The van der Waals surface area contributed by atoms with E-state index in [4.69, 9.17) is 5.11 Å². The minimum absolute atomic E-state index is 0.0656. The number of nitrogens with zero attached hydrogens (tertiary/aromatic N) is 2. The molecule has 19 heavy (non-hydrogen) atoms. The number of nitrogens with one attached hydrogen (secondary N) is 1. The standard InChI is InChI=1S/C14H19N3OS/c1-14(2,6-8-18)17-10-11-9-16-13(19-11)12-5-3-4-7-15-12/h3-5,7,9,17-18H,6,8,10H2,1-2H3. The molecule has 2 heterocycles. The highest BCUT2D eigenvalue weighted by molar-refractivity contribution is 7.14. The van der Waals surface area contributed by atoms with E-state index in [0.29, 0.717) is 0 Å². The van der Waals surface area contributed by atoms with E-state index in [9.17, 15) is 0 Å². The smallest absolute Gasteiger partial charge is 0.142 e. The van der Waals surface area contributed by atoms with Gasteiger partial charge < -0.3 is 10.4 Å². The maximum atomic E-state index is 8.99. The summed E-state index contributed by atoms with van der Waals surface area (Å²) in [5, 5.41) is 13.4. The van der Waals surface area contributed by atoms with Crippen LogP contribution in [0.2, 0.25) is 0 Å². The van der Waals surface area contributed by atoms with Gasteiger partial charge in [0.2, 0.25) is 0 Å². The summed E-state index contributed by atoms with van der Waals surface area (Å²) in [5.41, 5.74) is 0.845. The van der Waals surface area contributed by atoms with Crippen LogP contribution in [0.15, 0.2) is 30.6 Å². The summed E-state index contributed by atoms with van der Waals surface area (Å²) in [6.45, 7) is 5.13. The molecule has 0 atom stereocenters. The quantitative estimate of drug-likeness (QED) is 0.851. The average Bonchev–Trinajstić information content (AvgIpc) is 2.86. The van der Waals surface area contributed by atoms with E-state index in [2.05, 4.69) is 29.1 Å². The fraction of sp³-hybridized carbons (Fsp3) is 0.429. The van der Waals surface area contributed by atoms with Crippen LogP contribution in [0.4, 0.5) is 0 Å². The fourth-order valence-electron chi connectivity index (χ4n) is 1.69. The molecule has 102 valence electrons. The van der Waals surface area contributed by atoms with Crippen LogP contribution in [0.5, 0.6) is 0 Å². The molecule has 2 N–H and O–H groups in total. The first-order valence-corrected chi connectivity index (χ1v) is 7.14. The van der Waals surface area contributed by atoms with Gasteiger partial charge in [0, 0.05) is 36.0 Å². The molecule has 0 fully saturated rings. The summed E-state index contributed by atoms with van der Waals surface area (Å²) in [5.74, 6) is 0. The predicted molar refractivity (Wildman–Crippen MR) is 78.0 cm³/mol. The largest absolute Gasteiger partial charge is 0.396 e. The number of hydrogen-bond acceptors (Lipinski definition) is 5. The molecule has 0 spiro atoms. The van der Waals surface area contributed by atoms with Crippen LogP contribution in [-0.2, 0) is 6.54 Å². The van der Waals surface area contributed by atoms with Crippen molar-refractivity contribution in [2.45, 2.75) is 32.4 Å². The van der Waals surface area contributed by atoms with Gasteiger partial charge in [0.05, 0.1) is 5.69 Å². The molecule has 0 aliphatic heterocycles. The minimum Gasteiger partial charge on any atom is -0.396 e. The van der Waals surface area contributed by atoms with E-state index in [1.165, 1.54) is 4.88 Å². The van der Waals surface area contributed by atoms with Gasteiger partial charge in [-0.05, 0) is 32.4 Å². The monoisotopic (exact) mass is 277 g/mol. The third-order valence-electron chi connectivity index (χ3n) is 2.92. The van der Waals surface area contributed by atoms with E-state index < -0.39 is 0 Å². The lowest BCUT2D eigenvalue weighted by atomic mass is 10.0. The van der Waals surface area contributed by atoms with E-state index in [0.717, 1.165) is 23.7 Å². The minimum atomic E-state index is -0.0656. The van der Waals surface area contributed by atoms with Gasteiger partial charge in [0.1, 0.15) is 5.01 Å². The van der Waals surface area contributed by atoms with Gasteiger partial charge in [0.15, 0.2) is 0 Å². The Bertz CT molecular complexity index is 510. The van der Waals surface area contributed by atoms with Crippen LogP contribution in [0.25, 0.3) is 10.7 Å². The second-order valence-corrected chi connectivity index (χ2v) is 6.17. The van der Waals surface area contributed by atoms with Crippen LogP contribution < -0.4 is 5.32 Å². The summed E-state index contributed by atoms with van der Waals surface area (Å²) in [6, 6.07) is 5.83. The normalized spacial score (nSPS) is 11.7. The Labute approximate surface area is 117 Å². The first-order valence-electron chi connectivity index (χ1n) is 6.33. The molecule has 0 aliphatic carbocycles. The number of aliphatic hydroxyl groups is 1. The van der Waals surface area contributed by atoms with Crippen molar-refractivity contribution in [2.24, 2.45) is 0 Å². The molecule has 0 radical (unpaired) electrons. The molecule has 0 aliphatic rings. The number of rotatable bonds is 6. The van der Waals surface area contributed by atoms with Crippen molar-refractivity contribution in [2.75, 3.05) is 6.61 Å². The SMILES string of the molecule is CC(C)(CCO)NCc1cnc(-c2ccccn2)s1. The second kappa shape index (κ2) is 6.23. The van der Waals surface area contributed by atoms with Crippen molar-refractivity contribution < 1.29 is 5.11 Å². The Kier molecular flexibility index (Phi) is 4.63. The molecule has 2 rings (SSSR count). The molecule has 0 saturated heterocycles. The van der Waals surface area contributed by atoms with Crippen molar-refractivity contribution in [1.29, 1.82) is 0 Å². The molecule has 0 bridgehead atoms. The van der Waals surface area contributed by atoms with Crippen LogP contribution >= 0.6 is 11.3 Å². The number of hydrogen-bond donors (Lipinski definition) is 2. The van der Waals surface area contributed by atoms with Gasteiger partial charge in [-0.1, -0.05) is 6.07 Å². The van der Waals surface area contributed by atoms with Crippen LogP contribution in [-0.4, -0.2) is 27.2 Å². The average molecular weight is 277 g/mol. The van der Waals surface area contributed by atoms with Gasteiger partial charge >= 0.3 is 0 Å². The Balaban J connectivity index is 1.99. The van der Waals surface area contributed by atoms with Gasteiger partial charge in [-0.2, -0.15) is 0 Å². The van der Waals surface area contributed by atoms with E-state index in [1.54, 1.807) is 17.5 Å². The van der Waals surface area contributed by atoms with Crippen molar-refractivity contribution in [3.05, 3.63) is 35.5 Å². The Morgan fingerprint density at radius 2 is 2.16 bits per heavy atom. The van der Waals surface area contributed by atoms with Crippen molar-refractivity contribution >= 4 is 11.3 Å². The highest BCUT2D eigenvalue weighted by Gasteiger charge is 2.16. The summed E-state index contributed by atoms with van der Waals surface area (Å²) in [4.78, 5) is 9.87. The first kappa shape index (κ1) is 14.1. The second-order valence-electron chi connectivity index (χ2n) is 5.06. The van der Waals surface area contributed by atoms with Crippen LogP contribution in [0, 0.1) is 0 Å². The Morgan fingerprint density at radius 3 is 2.84 bits per heavy atom. The fourth-order valence-corrected chi connectivity index (χ4v) is 2.52. The zero-order valence-corrected chi connectivity index (χ0v) is 12.1. The van der Waals surface area contributed by atoms with E-state index >= 15 is 0 Å². The van der Waals surface area contributed by atoms with Crippen molar-refractivity contribution in [3.8, 4) is 10.7 Å². The molecular weight excluding hydrogens is 258 g/mol. The maximum absolute atomic E-state index is 8.99. The number of aliphatic hydroxyl groups excluding tert-OH is 1. The van der Waals surface area contributed by atoms with Gasteiger partial charge in [-0.15, -0.1) is 11.3 Å². The molecular formula is C14H19N3OS. The van der Waals surface area contributed by atoms with E-state index in [1.807, 2.05) is 24.4 Å². The Hall–Kier alpha value is -1.30. The zero-order chi connectivity index (χ0) is 13.7. The zero-order valence-electron chi connectivity index (χ0n) is 11.3. The van der Waals surface area contributed by atoms with Crippen molar-refractivity contribution in [1.82, 2.24) is 15.3 Å². The maximum Gasteiger partial charge on any atom is 0.142 e. The Morgan fingerprint density at radius 1 is 1.32 bits per heavy atom. The molecule has 0 saturated carbocycles.